The minimum Gasteiger partial charge on any atom is -0.324 e. The number of carbonyl (C=O) groups excluding carboxylic acids is 2. The number of anilines is 2. The number of rotatable bonds is 6. The molecule has 1 aliphatic heterocycles. The van der Waals surface area contributed by atoms with Gasteiger partial charge >= 0.3 is 6.03 Å². The van der Waals surface area contributed by atoms with Crippen LogP contribution in [0.1, 0.15) is 16.9 Å². The van der Waals surface area contributed by atoms with Gasteiger partial charge in [0.1, 0.15) is 11.6 Å². The van der Waals surface area contributed by atoms with E-state index in [-0.39, 0.29) is 24.9 Å². The Morgan fingerprint density at radius 2 is 1.81 bits per heavy atom. The first kappa shape index (κ1) is 21.0. The average Bonchev–Trinajstić information content (AvgIpc) is 3.22. The minimum atomic E-state index is -0.671. The first-order chi connectivity index (χ1) is 15.0. The lowest BCUT2D eigenvalue weighted by Gasteiger charge is -2.36. The van der Waals surface area contributed by atoms with E-state index in [1.165, 1.54) is 23.5 Å². The number of carbonyl (C=O) groups is 2. The lowest BCUT2D eigenvalue weighted by molar-refractivity contribution is -0.115. The predicted molar refractivity (Wildman–Crippen MR) is 117 cm³/mol. The molecular weight excluding hydrogens is 420 g/mol. The Kier molecular flexibility index (Phi) is 6.27. The van der Waals surface area contributed by atoms with Crippen molar-refractivity contribution in [3.63, 3.8) is 0 Å². The van der Waals surface area contributed by atoms with E-state index in [0.29, 0.717) is 36.4 Å². The van der Waals surface area contributed by atoms with Crippen molar-refractivity contribution in [2.75, 3.05) is 23.3 Å². The molecular formula is C23H21F2N3O2S. The van der Waals surface area contributed by atoms with Gasteiger partial charge in [0.25, 0.3) is 0 Å². The first-order valence-corrected chi connectivity index (χ1v) is 10.8. The van der Waals surface area contributed by atoms with Crippen LogP contribution in [-0.2, 0) is 17.8 Å². The molecule has 160 valence electrons. The van der Waals surface area contributed by atoms with Gasteiger partial charge in [-0.05, 0) is 47.7 Å². The van der Waals surface area contributed by atoms with Crippen molar-refractivity contribution in [2.24, 2.45) is 0 Å². The van der Waals surface area contributed by atoms with Crippen LogP contribution in [0.4, 0.5) is 25.0 Å². The lowest BCUT2D eigenvalue weighted by atomic mass is 10.1. The quantitative estimate of drug-likeness (QED) is 0.583. The maximum atomic E-state index is 13.5. The van der Waals surface area contributed by atoms with Crippen LogP contribution in [0, 0.1) is 11.6 Å². The molecule has 4 rings (SSSR count). The Balaban J connectivity index is 1.51. The first-order valence-electron chi connectivity index (χ1n) is 9.92. The molecule has 1 N–H and O–H groups in total. The van der Waals surface area contributed by atoms with Crippen molar-refractivity contribution in [1.29, 1.82) is 0 Å². The third kappa shape index (κ3) is 5.08. The smallest absolute Gasteiger partial charge is 0.324 e. The van der Waals surface area contributed by atoms with Crippen LogP contribution in [0.3, 0.4) is 0 Å². The third-order valence-electron chi connectivity index (χ3n) is 4.99. The Hall–Kier alpha value is -3.26. The molecule has 1 aliphatic rings. The molecule has 3 amide bonds. The fourth-order valence-electron chi connectivity index (χ4n) is 3.66. The van der Waals surface area contributed by atoms with Gasteiger partial charge in [-0.3, -0.25) is 9.69 Å². The van der Waals surface area contributed by atoms with Gasteiger partial charge in [0.2, 0.25) is 5.91 Å². The zero-order valence-corrected chi connectivity index (χ0v) is 17.5. The summed E-state index contributed by atoms with van der Waals surface area (Å²) in [7, 11) is 0. The van der Waals surface area contributed by atoms with Gasteiger partial charge < -0.3 is 10.2 Å². The van der Waals surface area contributed by atoms with Crippen LogP contribution in [-0.4, -0.2) is 29.9 Å². The highest BCUT2D eigenvalue weighted by Crippen LogP contribution is 2.29. The maximum absolute atomic E-state index is 13.5. The largest absolute Gasteiger partial charge is 0.324 e. The molecule has 0 spiro atoms. The second-order valence-corrected chi connectivity index (χ2v) is 8.34. The molecule has 0 bridgehead atoms. The summed E-state index contributed by atoms with van der Waals surface area (Å²) in [5.41, 5.74) is 1.54. The summed E-state index contributed by atoms with van der Waals surface area (Å²) in [6, 6.07) is 13.9. The molecule has 0 saturated carbocycles. The Bertz CT molecular complexity index is 1070. The molecule has 1 saturated heterocycles. The van der Waals surface area contributed by atoms with Gasteiger partial charge in [-0.25, -0.2) is 13.6 Å². The predicted octanol–water partition coefficient (Wildman–Crippen LogP) is 5.04. The van der Waals surface area contributed by atoms with E-state index in [4.69, 9.17) is 0 Å². The SMILES string of the molecule is O=C(Cc1cccs1)Nc1ccccc1N1CCCN(Cc2cc(F)cc(F)c2)C1=O. The summed E-state index contributed by atoms with van der Waals surface area (Å²) in [5, 5.41) is 4.82. The fourth-order valence-corrected chi connectivity index (χ4v) is 4.36. The summed E-state index contributed by atoms with van der Waals surface area (Å²) in [6.45, 7) is 1.09. The Morgan fingerprint density at radius 1 is 1.03 bits per heavy atom. The Labute approximate surface area is 182 Å². The molecule has 0 aliphatic carbocycles. The van der Waals surface area contributed by atoms with Crippen LogP contribution in [0.25, 0.3) is 0 Å². The molecule has 0 unspecified atom stereocenters. The van der Waals surface area contributed by atoms with E-state index >= 15 is 0 Å². The molecule has 1 fully saturated rings. The maximum Gasteiger partial charge on any atom is 0.324 e. The standard InChI is InChI=1S/C23H21F2N3O2S/c24-17-11-16(12-18(25)13-17)15-27-8-4-9-28(23(27)30)21-7-2-1-6-20(21)26-22(29)14-19-5-3-10-31-19/h1-3,5-7,10-13H,4,8-9,14-15H2,(H,26,29). The summed E-state index contributed by atoms with van der Waals surface area (Å²) < 4.78 is 27.1. The van der Waals surface area contributed by atoms with Crippen LogP contribution in [0.15, 0.2) is 60.0 Å². The number of nitrogens with zero attached hydrogens (tertiary/aromatic N) is 2. The van der Waals surface area contributed by atoms with Gasteiger partial charge in [-0.2, -0.15) is 0 Å². The number of urea groups is 1. The molecule has 2 aromatic carbocycles. The van der Waals surface area contributed by atoms with Gasteiger partial charge in [0.15, 0.2) is 0 Å². The lowest BCUT2D eigenvalue weighted by Crippen LogP contribution is -2.49. The van der Waals surface area contributed by atoms with Crippen molar-refractivity contribution in [3.8, 4) is 0 Å². The molecule has 2 heterocycles. The number of hydrogen-bond donors (Lipinski definition) is 1. The summed E-state index contributed by atoms with van der Waals surface area (Å²) in [5.74, 6) is -1.50. The summed E-state index contributed by atoms with van der Waals surface area (Å²) in [4.78, 5) is 29.7. The highest BCUT2D eigenvalue weighted by atomic mass is 32.1. The fraction of sp³-hybridized carbons (Fsp3) is 0.217. The van der Waals surface area contributed by atoms with E-state index in [0.717, 1.165) is 10.9 Å². The van der Waals surface area contributed by atoms with E-state index in [1.54, 1.807) is 34.1 Å². The van der Waals surface area contributed by atoms with Crippen molar-refractivity contribution >= 4 is 34.6 Å². The molecule has 8 heteroatoms. The van der Waals surface area contributed by atoms with E-state index in [2.05, 4.69) is 5.32 Å². The molecule has 0 atom stereocenters. The van der Waals surface area contributed by atoms with Crippen molar-refractivity contribution in [1.82, 2.24) is 4.90 Å². The molecule has 0 radical (unpaired) electrons. The number of thiophene rings is 1. The molecule has 31 heavy (non-hydrogen) atoms. The van der Waals surface area contributed by atoms with Gasteiger partial charge in [0.05, 0.1) is 17.8 Å². The number of nitrogens with one attached hydrogen (secondary N) is 1. The van der Waals surface area contributed by atoms with Crippen LogP contribution in [0.2, 0.25) is 0 Å². The normalized spacial score (nSPS) is 14.1. The van der Waals surface area contributed by atoms with Gasteiger partial charge in [-0.15, -0.1) is 11.3 Å². The van der Waals surface area contributed by atoms with Crippen LogP contribution in [0.5, 0.6) is 0 Å². The van der Waals surface area contributed by atoms with Crippen molar-refractivity contribution in [3.05, 3.63) is 82.1 Å². The average molecular weight is 442 g/mol. The number of hydrogen-bond acceptors (Lipinski definition) is 3. The van der Waals surface area contributed by atoms with Gasteiger partial charge in [0, 0.05) is 30.6 Å². The Morgan fingerprint density at radius 3 is 2.55 bits per heavy atom. The number of halogens is 2. The third-order valence-corrected chi connectivity index (χ3v) is 5.87. The van der Waals surface area contributed by atoms with E-state index in [1.807, 2.05) is 17.5 Å². The topological polar surface area (TPSA) is 52.7 Å². The zero-order valence-electron chi connectivity index (χ0n) is 16.7. The monoisotopic (exact) mass is 441 g/mol. The van der Waals surface area contributed by atoms with Crippen molar-refractivity contribution < 1.29 is 18.4 Å². The number of para-hydroxylation sites is 2. The summed E-state index contributed by atoms with van der Waals surface area (Å²) in [6.07, 6.45) is 0.957. The molecule has 3 aromatic rings. The highest BCUT2D eigenvalue weighted by Gasteiger charge is 2.28. The van der Waals surface area contributed by atoms with E-state index < -0.39 is 11.6 Å². The number of amides is 3. The second kappa shape index (κ2) is 9.26. The molecule has 5 nitrogen and oxygen atoms in total. The van der Waals surface area contributed by atoms with Crippen LogP contribution < -0.4 is 10.2 Å². The van der Waals surface area contributed by atoms with Crippen LogP contribution >= 0.6 is 11.3 Å². The van der Waals surface area contributed by atoms with E-state index in [9.17, 15) is 18.4 Å². The zero-order chi connectivity index (χ0) is 21.8. The second-order valence-electron chi connectivity index (χ2n) is 7.31. The minimum absolute atomic E-state index is 0.108. The molecule has 1 aromatic heterocycles. The number of benzene rings is 2. The van der Waals surface area contributed by atoms with Gasteiger partial charge in [-0.1, -0.05) is 18.2 Å². The summed E-state index contributed by atoms with van der Waals surface area (Å²) >= 11 is 1.51. The highest BCUT2D eigenvalue weighted by molar-refractivity contribution is 7.10. The van der Waals surface area contributed by atoms with Crippen molar-refractivity contribution in [2.45, 2.75) is 19.4 Å².